The van der Waals surface area contributed by atoms with Crippen LogP contribution in [0.2, 0.25) is 10.0 Å². The Morgan fingerprint density at radius 3 is 2.38 bits per heavy atom. The Morgan fingerprint density at radius 1 is 1.09 bits per heavy atom. The molecule has 0 atom stereocenters. The molecule has 9 heteroatoms. The van der Waals surface area contributed by atoms with Gasteiger partial charge in [0.25, 0.3) is 0 Å². The van der Waals surface area contributed by atoms with Gasteiger partial charge >= 0.3 is 5.97 Å². The number of carboxylic acids is 1. The number of nitrogens with zero attached hydrogens (tertiary/aromatic N) is 4. The Morgan fingerprint density at radius 2 is 1.79 bits per heavy atom. The number of carboxylic acid groups (broad SMARTS) is 1. The summed E-state index contributed by atoms with van der Waals surface area (Å²) in [6, 6.07) is 5.49. The van der Waals surface area contributed by atoms with Crippen molar-refractivity contribution in [3.05, 3.63) is 63.7 Å². The monoisotopic (exact) mass is 496 g/mol. The van der Waals surface area contributed by atoms with Crippen molar-refractivity contribution >= 4 is 40.6 Å². The molecule has 6 rings (SSSR count). The maximum absolute atomic E-state index is 11.0. The van der Waals surface area contributed by atoms with Crippen molar-refractivity contribution in [2.75, 3.05) is 18.0 Å². The summed E-state index contributed by atoms with van der Waals surface area (Å²) in [4.78, 5) is 21.5. The van der Waals surface area contributed by atoms with Crippen molar-refractivity contribution in [1.82, 2.24) is 15.1 Å². The quantitative estimate of drug-likeness (QED) is 0.456. The largest absolute Gasteiger partial charge is 0.476 e. The molecular formula is C25H22Cl2N4O3. The Balaban J connectivity index is 1.25. The van der Waals surface area contributed by atoms with E-state index in [0.29, 0.717) is 21.8 Å². The molecule has 0 radical (unpaired) electrons. The number of aromatic nitrogens is 3. The van der Waals surface area contributed by atoms with Gasteiger partial charge in [-0.05, 0) is 55.2 Å². The summed E-state index contributed by atoms with van der Waals surface area (Å²) in [5.41, 5.74) is 3.90. The lowest BCUT2D eigenvalue weighted by atomic mass is 9.63. The molecule has 7 nitrogen and oxygen atoms in total. The van der Waals surface area contributed by atoms with Crippen LogP contribution in [0.1, 0.15) is 59.8 Å². The van der Waals surface area contributed by atoms with Crippen LogP contribution < -0.4 is 4.90 Å². The highest BCUT2D eigenvalue weighted by Gasteiger charge is 2.44. The summed E-state index contributed by atoms with van der Waals surface area (Å²) >= 11 is 13.0. The first-order chi connectivity index (χ1) is 16.4. The normalized spacial score (nSPS) is 19.1. The fourth-order valence-corrected chi connectivity index (χ4v) is 5.69. The zero-order valence-corrected chi connectivity index (χ0v) is 19.8. The number of rotatable bonds is 5. The first-order valence-electron chi connectivity index (χ1n) is 11.4. The van der Waals surface area contributed by atoms with Gasteiger partial charge in [0.15, 0.2) is 5.69 Å². The van der Waals surface area contributed by atoms with Crippen LogP contribution in [-0.4, -0.2) is 39.3 Å². The Hall–Kier alpha value is -2.90. The molecule has 2 aromatic heterocycles. The van der Waals surface area contributed by atoms with E-state index in [9.17, 15) is 4.79 Å². The van der Waals surface area contributed by atoms with Gasteiger partial charge in [0.05, 0.1) is 22.4 Å². The fourth-order valence-electron chi connectivity index (χ4n) is 5.11. The molecule has 1 saturated heterocycles. The second-order valence-corrected chi connectivity index (χ2v) is 10.2. The summed E-state index contributed by atoms with van der Waals surface area (Å²) in [6.45, 7) is 1.68. The topological polar surface area (TPSA) is 92.3 Å². The molecule has 2 aliphatic carbocycles. The van der Waals surface area contributed by atoms with Gasteiger partial charge in [-0.25, -0.2) is 14.8 Å². The second-order valence-electron chi connectivity index (χ2n) is 9.40. The summed E-state index contributed by atoms with van der Waals surface area (Å²) in [6.07, 6.45) is 10.4. The van der Waals surface area contributed by atoms with Gasteiger partial charge in [-0.3, -0.25) is 0 Å². The third kappa shape index (κ3) is 3.67. The minimum absolute atomic E-state index is 0.0431. The minimum Gasteiger partial charge on any atom is -0.476 e. The maximum atomic E-state index is 11.0. The van der Waals surface area contributed by atoms with E-state index in [-0.39, 0.29) is 11.1 Å². The van der Waals surface area contributed by atoms with Gasteiger partial charge in [0.1, 0.15) is 17.3 Å². The number of anilines is 1. The van der Waals surface area contributed by atoms with E-state index in [1.807, 2.05) is 18.2 Å². The second kappa shape index (κ2) is 8.10. The van der Waals surface area contributed by atoms with Crippen LogP contribution in [0.25, 0.3) is 16.8 Å². The molecule has 34 heavy (non-hydrogen) atoms. The van der Waals surface area contributed by atoms with Crippen LogP contribution in [0, 0.1) is 5.41 Å². The van der Waals surface area contributed by atoms with Gasteiger partial charge in [-0.1, -0.05) is 40.5 Å². The van der Waals surface area contributed by atoms with Crippen molar-refractivity contribution in [3.8, 4) is 11.3 Å². The van der Waals surface area contributed by atoms with Crippen LogP contribution in [0.5, 0.6) is 0 Å². The first kappa shape index (κ1) is 21.6. The Labute approximate surface area is 206 Å². The zero-order chi connectivity index (χ0) is 23.4. The van der Waals surface area contributed by atoms with Crippen LogP contribution in [0.3, 0.4) is 0 Å². The zero-order valence-electron chi connectivity index (χ0n) is 18.3. The predicted octanol–water partition coefficient (Wildman–Crippen LogP) is 6.09. The molecule has 0 unspecified atom stereocenters. The highest BCUT2D eigenvalue weighted by atomic mass is 35.5. The van der Waals surface area contributed by atoms with Crippen molar-refractivity contribution < 1.29 is 14.4 Å². The van der Waals surface area contributed by atoms with E-state index in [1.165, 1.54) is 11.8 Å². The number of benzene rings is 1. The third-order valence-electron chi connectivity index (χ3n) is 7.15. The summed E-state index contributed by atoms with van der Waals surface area (Å²) in [7, 11) is 0. The highest BCUT2D eigenvalue weighted by molar-refractivity contribution is 6.39. The van der Waals surface area contributed by atoms with E-state index in [4.69, 9.17) is 32.8 Å². The highest BCUT2D eigenvalue weighted by Crippen LogP contribution is 2.56. The number of aromatic carboxylic acids is 1. The molecule has 0 bridgehead atoms. The first-order valence-corrected chi connectivity index (χ1v) is 12.2. The number of allylic oxidation sites excluding steroid dienone is 2. The molecular weight excluding hydrogens is 475 g/mol. The molecule has 1 spiro atoms. The van der Waals surface area contributed by atoms with Gasteiger partial charge in [-0.15, -0.1) is 0 Å². The Bertz CT molecular complexity index is 1290. The predicted molar refractivity (Wildman–Crippen MR) is 129 cm³/mol. The smallest absolute Gasteiger partial charge is 0.356 e. The lowest BCUT2D eigenvalue weighted by Crippen LogP contribution is -2.42. The maximum Gasteiger partial charge on any atom is 0.356 e. The molecule has 1 aromatic carbocycles. The van der Waals surface area contributed by atoms with E-state index in [0.717, 1.165) is 67.8 Å². The fraction of sp³-hybridized carbons (Fsp3) is 0.360. The lowest BCUT2D eigenvalue weighted by molar-refractivity contribution is 0.0690. The Kier molecular flexibility index (Phi) is 5.15. The van der Waals surface area contributed by atoms with Gasteiger partial charge in [0.2, 0.25) is 0 Å². The van der Waals surface area contributed by atoms with Crippen LogP contribution in [0.15, 0.2) is 41.2 Å². The molecule has 1 aliphatic heterocycles. The van der Waals surface area contributed by atoms with E-state index < -0.39 is 5.97 Å². The molecule has 2 fully saturated rings. The minimum atomic E-state index is -1.07. The van der Waals surface area contributed by atoms with Gasteiger partial charge in [-0.2, -0.15) is 0 Å². The molecule has 0 amide bonds. The average molecular weight is 497 g/mol. The average Bonchev–Trinajstić information content (AvgIpc) is 3.57. The number of hydrogen-bond acceptors (Lipinski definition) is 6. The van der Waals surface area contributed by atoms with Crippen LogP contribution >= 0.6 is 23.2 Å². The standard InChI is InChI=1S/C25H22Cl2N4O3/c26-16-2-1-3-17(27)21(16)22-20(23(34-30-22)14-4-5-14)15-10-25(11-15)6-8-31(9-7-25)19-13-28-18(12-29-19)24(32)33/h1-3,10,12-14H,4-9,11H2,(H,32,33). The van der Waals surface area contributed by atoms with Crippen molar-refractivity contribution in [3.63, 3.8) is 0 Å². The summed E-state index contributed by atoms with van der Waals surface area (Å²) in [5.74, 6) is 1.03. The van der Waals surface area contributed by atoms with E-state index in [2.05, 4.69) is 26.1 Å². The van der Waals surface area contributed by atoms with Crippen LogP contribution in [0.4, 0.5) is 5.82 Å². The third-order valence-corrected chi connectivity index (χ3v) is 7.78. The van der Waals surface area contributed by atoms with Gasteiger partial charge in [0, 0.05) is 30.1 Å². The SMILES string of the molecule is O=C(O)c1cnc(N2CCC3(C=C(c4c(-c5c(Cl)cccc5Cl)noc4C4CC4)C3)CC2)cn1. The van der Waals surface area contributed by atoms with E-state index in [1.54, 1.807) is 6.20 Å². The van der Waals surface area contributed by atoms with Crippen molar-refractivity contribution in [2.24, 2.45) is 5.41 Å². The van der Waals surface area contributed by atoms with Gasteiger partial charge < -0.3 is 14.5 Å². The molecule has 1 N–H and O–H groups in total. The number of halogens is 2. The molecule has 3 aromatic rings. The number of carbonyl (C=O) groups is 1. The number of piperidine rings is 1. The lowest BCUT2D eigenvalue weighted by Gasteiger charge is -2.46. The molecule has 3 aliphatic rings. The summed E-state index contributed by atoms with van der Waals surface area (Å²) < 4.78 is 5.84. The van der Waals surface area contributed by atoms with Crippen molar-refractivity contribution in [1.29, 1.82) is 0 Å². The molecule has 1 saturated carbocycles. The summed E-state index contributed by atoms with van der Waals surface area (Å²) in [5, 5.41) is 14.6. The molecule has 3 heterocycles. The van der Waals surface area contributed by atoms with Crippen LogP contribution in [-0.2, 0) is 0 Å². The number of hydrogen-bond donors (Lipinski definition) is 1. The van der Waals surface area contributed by atoms with E-state index >= 15 is 0 Å². The van der Waals surface area contributed by atoms with Crippen molar-refractivity contribution in [2.45, 2.75) is 38.0 Å². The molecule has 174 valence electrons.